The number of hydrogen-bond donors (Lipinski definition) is 2. The first kappa shape index (κ1) is 16.0. The molecule has 2 amide bonds. The van der Waals surface area contributed by atoms with E-state index in [9.17, 15) is 9.59 Å². The fraction of sp³-hybridized carbons (Fsp3) is 0.0588. The van der Waals surface area contributed by atoms with E-state index >= 15 is 0 Å². The number of carbonyl (C=O) groups excluding carboxylic acids is 2. The van der Waals surface area contributed by atoms with Crippen LogP contribution in [0.3, 0.4) is 0 Å². The van der Waals surface area contributed by atoms with Crippen LogP contribution in [0.25, 0.3) is 0 Å². The van der Waals surface area contributed by atoms with Crippen molar-refractivity contribution in [2.45, 2.75) is 0 Å². The van der Waals surface area contributed by atoms with Crippen LogP contribution in [0.5, 0.6) is 0 Å². The minimum atomic E-state index is -0.273. The Hall–Kier alpha value is -2.40. The molecule has 0 saturated carbocycles. The Morgan fingerprint density at radius 2 is 1.86 bits per heavy atom. The number of carbonyl (C=O) groups is 2. The van der Waals surface area contributed by atoms with Gasteiger partial charge in [0.15, 0.2) is 0 Å². The molecule has 0 aliphatic heterocycles. The van der Waals surface area contributed by atoms with Gasteiger partial charge in [0.05, 0.1) is 11.3 Å². The lowest BCUT2D eigenvalue weighted by Crippen LogP contribution is -2.25. The molecule has 0 aliphatic rings. The summed E-state index contributed by atoms with van der Waals surface area (Å²) >= 11 is 3.33. The Kier molecular flexibility index (Phi) is 5.49. The van der Waals surface area contributed by atoms with Crippen LogP contribution >= 0.6 is 15.9 Å². The van der Waals surface area contributed by atoms with E-state index < -0.39 is 0 Å². The Bertz CT molecular complexity index is 713. The van der Waals surface area contributed by atoms with E-state index in [0.29, 0.717) is 23.4 Å². The van der Waals surface area contributed by atoms with Crippen LogP contribution in [-0.2, 0) is 0 Å². The zero-order valence-corrected chi connectivity index (χ0v) is 13.4. The standard InChI is InChI=1S/C17H15BrN2O2/c1-2-10-19-17(22)14-8-3-4-9-15(14)20-16(21)12-6-5-7-13(18)11-12/h2-9,11H,1,10H2,(H,19,22)(H,20,21). The lowest BCUT2D eigenvalue weighted by molar-refractivity contribution is 0.0959. The van der Waals surface area contributed by atoms with Gasteiger partial charge in [-0.3, -0.25) is 9.59 Å². The highest BCUT2D eigenvalue weighted by Gasteiger charge is 2.13. The Balaban J connectivity index is 2.21. The molecule has 0 heterocycles. The minimum Gasteiger partial charge on any atom is -0.349 e. The molecule has 2 N–H and O–H groups in total. The lowest BCUT2D eigenvalue weighted by atomic mass is 10.1. The molecule has 0 aliphatic carbocycles. The summed E-state index contributed by atoms with van der Waals surface area (Å²) in [7, 11) is 0. The van der Waals surface area contributed by atoms with Crippen molar-refractivity contribution in [3.05, 3.63) is 76.8 Å². The highest BCUT2D eigenvalue weighted by molar-refractivity contribution is 9.10. The summed E-state index contributed by atoms with van der Waals surface area (Å²) in [5.41, 5.74) is 1.39. The first-order chi connectivity index (χ1) is 10.6. The zero-order valence-electron chi connectivity index (χ0n) is 11.8. The van der Waals surface area contributed by atoms with Gasteiger partial charge in [0.1, 0.15) is 0 Å². The summed E-state index contributed by atoms with van der Waals surface area (Å²) in [5.74, 6) is -0.532. The van der Waals surface area contributed by atoms with Gasteiger partial charge in [0.2, 0.25) is 0 Å². The van der Waals surface area contributed by atoms with E-state index in [1.54, 1.807) is 48.5 Å². The van der Waals surface area contributed by atoms with Crippen molar-refractivity contribution in [1.29, 1.82) is 0 Å². The molecular weight excluding hydrogens is 344 g/mol. The summed E-state index contributed by atoms with van der Waals surface area (Å²) in [6, 6.07) is 13.9. The molecule has 4 nitrogen and oxygen atoms in total. The highest BCUT2D eigenvalue weighted by atomic mass is 79.9. The third kappa shape index (κ3) is 4.05. The summed E-state index contributed by atoms with van der Waals surface area (Å²) in [5, 5.41) is 5.46. The molecule has 0 radical (unpaired) electrons. The smallest absolute Gasteiger partial charge is 0.255 e. The average molecular weight is 359 g/mol. The van der Waals surface area contributed by atoms with Crippen LogP contribution in [-0.4, -0.2) is 18.4 Å². The first-order valence-corrected chi connectivity index (χ1v) is 7.46. The SMILES string of the molecule is C=CCNC(=O)c1ccccc1NC(=O)c1cccc(Br)c1. The molecule has 2 aromatic rings. The van der Waals surface area contributed by atoms with Crippen LogP contribution < -0.4 is 10.6 Å². The predicted molar refractivity (Wildman–Crippen MR) is 91.1 cm³/mol. The summed E-state index contributed by atoms with van der Waals surface area (Å²) < 4.78 is 0.817. The molecule has 0 saturated heterocycles. The van der Waals surface area contributed by atoms with E-state index in [4.69, 9.17) is 0 Å². The van der Waals surface area contributed by atoms with Crippen LogP contribution in [0.4, 0.5) is 5.69 Å². The van der Waals surface area contributed by atoms with Crippen LogP contribution in [0.1, 0.15) is 20.7 Å². The number of anilines is 1. The Labute approximate surface area is 137 Å². The monoisotopic (exact) mass is 358 g/mol. The van der Waals surface area contributed by atoms with E-state index in [0.717, 1.165) is 4.47 Å². The van der Waals surface area contributed by atoms with Crippen molar-refractivity contribution in [1.82, 2.24) is 5.32 Å². The Morgan fingerprint density at radius 1 is 1.09 bits per heavy atom. The second kappa shape index (κ2) is 7.56. The maximum atomic E-state index is 12.3. The molecule has 2 rings (SSSR count). The summed E-state index contributed by atoms with van der Waals surface area (Å²) in [6.07, 6.45) is 1.60. The number of para-hydroxylation sites is 1. The number of hydrogen-bond acceptors (Lipinski definition) is 2. The van der Waals surface area contributed by atoms with Gasteiger partial charge >= 0.3 is 0 Å². The average Bonchev–Trinajstić information content (AvgIpc) is 2.53. The van der Waals surface area contributed by atoms with Gasteiger partial charge in [-0.15, -0.1) is 6.58 Å². The van der Waals surface area contributed by atoms with Crippen molar-refractivity contribution >= 4 is 33.4 Å². The van der Waals surface area contributed by atoms with Crippen LogP contribution in [0.2, 0.25) is 0 Å². The molecule has 112 valence electrons. The molecule has 0 unspecified atom stereocenters. The molecule has 0 atom stereocenters. The Morgan fingerprint density at radius 3 is 2.59 bits per heavy atom. The fourth-order valence-corrected chi connectivity index (χ4v) is 2.27. The van der Waals surface area contributed by atoms with Gasteiger partial charge in [-0.05, 0) is 30.3 Å². The van der Waals surface area contributed by atoms with Crippen LogP contribution in [0, 0.1) is 0 Å². The van der Waals surface area contributed by atoms with E-state index in [2.05, 4.69) is 33.1 Å². The largest absolute Gasteiger partial charge is 0.349 e. The molecule has 2 aromatic carbocycles. The van der Waals surface area contributed by atoms with Gasteiger partial charge in [0, 0.05) is 16.6 Å². The molecule has 0 fully saturated rings. The highest BCUT2D eigenvalue weighted by Crippen LogP contribution is 2.17. The third-order valence-corrected chi connectivity index (χ3v) is 3.41. The quantitative estimate of drug-likeness (QED) is 0.802. The minimum absolute atomic E-state index is 0.259. The van der Waals surface area contributed by atoms with Crippen molar-refractivity contribution in [3.8, 4) is 0 Å². The number of halogens is 1. The third-order valence-electron chi connectivity index (χ3n) is 2.91. The topological polar surface area (TPSA) is 58.2 Å². The van der Waals surface area contributed by atoms with Gasteiger partial charge < -0.3 is 10.6 Å². The van der Waals surface area contributed by atoms with Crippen molar-refractivity contribution < 1.29 is 9.59 Å². The maximum Gasteiger partial charge on any atom is 0.255 e. The van der Waals surface area contributed by atoms with Crippen molar-refractivity contribution in [3.63, 3.8) is 0 Å². The second-order valence-electron chi connectivity index (χ2n) is 4.51. The molecular formula is C17H15BrN2O2. The molecule has 5 heteroatoms. The summed E-state index contributed by atoms with van der Waals surface area (Å²) in [6.45, 7) is 3.92. The van der Waals surface area contributed by atoms with Crippen molar-refractivity contribution in [2.75, 3.05) is 11.9 Å². The van der Waals surface area contributed by atoms with E-state index in [1.807, 2.05) is 6.07 Å². The summed E-state index contributed by atoms with van der Waals surface area (Å²) in [4.78, 5) is 24.4. The first-order valence-electron chi connectivity index (χ1n) is 6.67. The molecule has 0 bridgehead atoms. The van der Waals surface area contributed by atoms with Crippen LogP contribution in [0.15, 0.2) is 65.7 Å². The second-order valence-corrected chi connectivity index (χ2v) is 5.42. The van der Waals surface area contributed by atoms with Gasteiger partial charge in [-0.2, -0.15) is 0 Å². The maximum absolute atomic E-state index is 12.3. The van der Waals surface area contributed by atoms with Gasteiger partial charge in [-0.1, -0.05) is 40.2 Å². The van der Waals surface area contributed by atoms with Crippen molar-refractivity contribution in [2.24, 2.45) is 0 Å². The lowest BCUT2D eigenvalue weighted by Gasteiger charge is -2.11. The zero-order chi connectivity index (χ0) is 15.9. The molecule has 0 aromatic heterocycles. The molecule has 0 spiro atoms. The van der Waals surface area contributed by atoms with Gasteiger partial charge in [0.25, 0.3) is 11.8 Å². The van der Waals surface area contributed by atoms with Gasteiger partial charge in [-0.25, -0.2) is 0 Å². The number of rotatable bonds is 5. The number of amides is 2. The predicted octanol–water partition coefficient (Wildman–Crippen LogP) is 3.62. The number of nitrogens with one attached hydrogen (secondary N) is 2. The number of benzene rings is 2. The fourth-order valence-electron chi connectivity index (χ4n) is 1.87. The normalized spacial score (nSPS) is 9.86. The van der Waals surface area contributed by atoms with E-state index in [1.165, 1.54) is 0 Å². The van der Waals surface area contributed by atoms with E-state index in [-0.39, 0.29) is 11.8 Å². The molecule has 22 heavy (non-hydrogen) atoms.